The van der Waals surface area contributed by atoms with Crippen molar-refractivity contribution in [2.45, 2.75) is 6.54 Å². The number of amides is 1. The fraction of sp³-hybridized carbons (Fsp3) is 0.286. The zero-order valence-electron chi connectivity index (χ0n) is 11.3. The Morgan fingerprint density at radius 1 is 1.35 bits per heavy atom. The van der Waals surface area contributed by atoms with Crippen LogP contribution in [0, 0.1) is 0 Å². The van der Waals surface area contributed by atoms with E-state index in [0.29, 0.717) is 23.7 Å². The predicted octanol–water partition coefficient (Wildman–Crippen LogP) is 1.53. The molecule has 106 valence electrons. The lowest BCUT2D eigenvalue weighted by Gasteiger charge is -2.04. The summed E-state index contributed by atoms with van der Waals surface area (Å²) in [5.74, 6) is -0.120. The van der Waals surface area contributed by atoms with E-state index in [4.69, 9.17) is 11.6 Å². The second-order valence-electron chi connectivity index (χ2n) is 4.38. The summed E-state index contributed by atoms with van der Waals surface area (Å²) in [7, 11) is 1.84. The topological polar surface area (TPSA) is 58.9 Å². The van der Waals surface area contributed by atoms with Gasteiger partial charge in [-0.25, -0.2) is 0 Å². The Kier molecular flexibility index (Phi) is 5.15. The number of hydrogen-bond donors (Lipinski definition) is 2. The molecule has 2 rings (SSSR count). The Hall–Kier alpha value is -1.85. The van der Waals surface area contributed by atoms with Crippen LogP contribution in [0.4, 0.5) is 0 Å². The highest BCUT2D eigenvalue weighted by Crippen LogP contribution is 2.16. The highest BCUT2D eigenvalue weighted by molar-refractivity contribution is 6.31. The summed E-state index contributed by atoms with van der Waals surface area (Å²) in [6.07, 6.45) is 3.28. The van der Waals surface area contributed by atoms with Crippen molar-refractivity contribution in [3.05, 3.63) is 52.8 Å². The van der Waals surface area contributed by atoms with Gasteiger partial charge in [-0.05, 0) is 18.7 Å². The van der Waals surface area contributed by atoms with Crippen LogP contribution < -0.4 is 10.6 Å². The molecule has 0 bridgehead atoms. The van der Waals surface area contributed by atoms with Crippen molar-refractivity contribution in [3.63, 3.8) is 0 Å². The Labute approximate surface area is 122 Å². The van der Waals surface area contributed by atoms with Crippen LogP contribution in [0.2, 0.25) is 5.02 Å². The molecule has 2 aromatic rings. The molecule has 5 nitrogen and oxygen atoms in total. The molecular formula is C14H17ClN4O. The number of likely N-dealkylation sites (N-methyl/N-ethyl adjacent to an activating group) is 1. The van der Waals surface area contributed by atoms with Crippen LogP contribution in [0.25, 0.3) is 0 Å². The number of hydrogen-bond acceptors (Lipinski definition) is 3. The van der Waals surface area contributed by atoms with E-state index in [9.17, 15) is 4.79 Å². The molecule has 1 amide bonds. The van der Waals surface area contributed by atoms with Crippen LogP contribution in [-0.2, 0) is 6.54 Å². The molecule has 0 aliphatic rings. The quantitative estimate of drug-likeness (QED) is 0.794. The van der Waals surface area contributed by atoms with E-state index >= 15 is 0 Å². The molecule has 1 aromatic heterocycles. The van der Waals surface area contributed by atoms with Crippen LogP contribution in [0.5, 0.6) is 0 Å². The molecule has 0 aliphatic heterocycles. The lowest BCUT2D eigenvalue weighted by atomic mass is 10.2. The molecule has 0 saturated carbocycles. The van der Waals surface area contributed by atoms with Gasteiger partial charge in [0.25, 0.3) is 5.91 Å². The maximum absolute atomic E-state index is 11.8. The van der Waals surface area contributed by atoms with Crippen LogP contribution in [-0.4, -0.2) is 35.8 Å². The lowest BCUT2D eigenvalue weighted by molar-refractivity contribution is 0.0954. The molecule has 0 aliphatic carbocycles. The zero-order valence-corrected chi connectivity index (χ0v) is 12.0. The van der Waals surface area contributed by atoms with Gasteiger partial charge in [0.1, 0.15) is 0 Å². The number of aromatic nitrogens is 2. The maximum atomic E-state index is 11.8. The third kappa shape index (κ3) is 3.82. The first-order valence-electron chi connectivity index (χ1n) is 6.39. The number of rotatable bonds is 6. The number of carbonyl (C=O) groups is 1. The molecule has 20 heavy (non-hydrogen) atoms. The molecule has 2 N–H and O–H groups in total. The molecule has 0 unspecified atom stereocenters. The standard InChI is InChI=1S/C14H17ClN4O/c1-16-6-7-17-14(20)12-8-18-19(10-12)9-11-4-2-3-5-13(11)15/h2-5,8,10,16H,6-7,9H2,1H3,(H,17,20). The van der Waals surface area contributed by atoms with Crippen molar-refractivity contribution in [3.8, 4) is 0 Å². The van der Waals surface area contributed by atoms with Crippen molar-refractivity contribution in [1.29, 1.82) is 0 Å². The minimum Gasteiger partial charge on any atom is -0.351 e. The number of nitrogens with one attached hydrogen (secondary N) is 2. The van der Waals surface area contributed by atoms with Crippen LogP contribution in [0.3, 0.4) is 0 Å². The summed E-state index contributed by atoms with van der Waals surface area (Å²) in [5.41, 5.74) is 1.52. The first kappa shape index (κ1) is 14.6. The second kappa shape index (κ2) is 7.07. The summed E-state index contributed by atoms with van der Waals surface area (Å²) in [6.45, 7) is 1.87. The van der Waals surface area contributed by atoms with E-state index in [0.717, 1.165) is 12.1 Å². The van der Waals surface area contributed by atoms with Gasteiger partial charge >= 0.3 is 0 Å². The molecule has 1 aromatic carbocycles. The van der Waals surface area contributed by atoms with E-state index in [-0.39, 0.29) is 5.91 Å². The summed E-state index contributed by atoms with van der Waals surface area (Å²) in [5, 5.41) is 10.7. The predicted molar refractivity (Wildman–Crippen MR) is 79.0 cm³/mol. The van der Waals surface area contributed by atoms with Gasteiger partial charge in [-0.1, -0.05) is 29.8 Å². The Balaban J connectivity index is 1.99. The zero-order chi connectivity index (χ0) is 14.4. The van der Waals surface area contributed by atoms with Gasteiger partial charge in [0.05, 0.1) is 18.3 Å². The van der Waals surface area contributed by atoms with Gasteiger partial charge in [-0.15, -0.1) is 0 Å². The summed E-state index contributed by atoms with van der Waals surface area (Å²) < 4.78 is 1.70. The van der Waals surface area contributed by atoms with E-state index in [1.54, 1.807) is 17.1 Å². The molecule has 6 heteroatoms. The van der Waals surface area contributed by atoms with Gasteiger partial charge in [-0.2, -0.15) is 5.10 Å². The lowest BCUT2D eigenvalue weighted by Crippen LogP contribution is -2.30. The second-order valence-corrected chi connectivity index (χ2v) is 4.78. The van der Waals surface area contributed by atoms with E-state index in [2.05, 4.69) is 15.7 Å². The first-order chi connectivity index (χ1) is 9.70. The molecule has 1 heterocycles. The fourth-order valence-electron chi connectivity index (χ4n) is 1.77. The van der Waals surface area contributed by atoms with E-state index < -0.39 is 0 Å². The largest absolute Gasteiger partial charge is 0.351 e. The molecule has 0 atom stereocenters. The smallest absolute Gasteiger partial charge is 0.254 e. The molecule has 0 radical (unpaired) electrons. The van der Waals surface area contributed by atoms with Crippen molar-refractivity contribution >= 4 is 17.5 Å². The monoisotopic (exact) mass is 292 g/mol. The average Bonchev–Trinajstić information content (AvgIpc) is 2.90. The van der Waals surface area contributed by atoms with Gasteiger partial charge in [0.15, 0.2) is 0 Å². The first-order valence-corrected chi connectivity index (χ1v) is 6.77. The highest BCUT2D eigenvalue weighted by atomic mass is 35.5. The van der Waals surface area contributed by atoms with Crippen molar-refractivity contribution in [1.82, 2.24) is 20.4 Å². The number of carbonyl (C=O) groups excluding carboxylic acids is 1. The molecule has 0 fully saturated rings. The Bertz CT molecular complexity index is 582. The van der Waals surface area contributed by atoms with Crippen molar-refractivity contribution in [2.24, 2.45) is 0 Å². The van der Waals surface area contributed by atoms with E-state index in [1.165, 1.54) is 0 Å². The van der Waals surface area contributed by atoms with Crippen LogP contribution in [0.1, 0.15) is 15.9 Å². The fourth-order valence-corrected chi connectivity index (χ4v) is 1.97. The summed E-state index contributed by atoms with van der Waals surface area (Å²) in [4.78, 5) is 11.8. The number of halogens is 1. The third-order valence-electron chi connectivity index (χ3n) is 2.85. The van der Waals surface area contributed by atoms with Gasteiger partial charge in [0.2, 0.25) is 0 Å². The van der Waals surface area contributed by atoms with Gasteiger partial charge in [-0.3, -0.25) is 9.48 Å². The van der Waals surface area contributed by atoms with Crippen LogP contribution >= 0.6 is 11.6 Å². The summed E-state index contributed by atoms with van der Waals surface area (Å²) in [6, 6.07) is 7.59. The average molecular weight is 293 g/mol. The molecule has 0 saturated heterocycles. The van der Waals surface area contributed by atoms with Gasteiger partial charge in [0, 0.05) is 24.3 Å². The maximum Gasteiger partial charge on any atom is 0.254 e. The van der Waals surface area contributed by atoms with E-state index in [1.807, 2.05) is 31.3 Å². The third-order valence-corrected chi connectivity index (χ3v) is 3.21. The Morgan fingerprint density at radius 3 is 2.90 bits per heavy atom. The normalized spacial score (nSPS) is 10.5. The van der Waals surface area contributed by atoms with Crippen LogP contribution in [0.15, 0.2) is 36.7 Å². The Morgan fingerprint density at radius 2 is 2.15 bits per heavy atom. The molecule has 0 spiro atoms. The number of nitrogens with zero attached hydrogens (tertiary/aromatic N) is 2. The highest BCUT2D eigenvalue weighted by Gasteiger charge is 2.08. The van der Waals surface area contributed by atoms with Gasteiger partial charge < -0.3 is 10.6 Å². The van der Waals surface area contributed by atoms with Crippen molar-refractivity contribution < 1.29 is 4.79 Å². The SMILES string of the molecule is CNCCNC(=O)c1cnn(Cc2ccccc2Cl)c1. The summed E-state index contributed by atoms with van der Waals surface area (Å²) >= 11 is 6.10. The minimum absolute atomic E-state index is 0.120. The van der Waals surface area contributed by atoms with Crippen molar-refractivity contribution in [2.75, 3.05) is 20.1 Å². The number of benzene rings is 1. The minimum atomic E-state index is -0.120. The molecular weight excluding hydrogens is 276 g/mol.